The van der Waals surface area contributed by atoms with Gasteiger partial charge in [-0.1, -0.05) is 0 Å². The van der Waals surface area contributed by atoms with Crippen molar-refractivity contribution in [2.24, 2.45) is 5.73 Å². The zero-order chi connectivity index (χ0) is 7.61. The second kappa shape index (κ2) is 2.86. The van der Waals surface area contributed by atoms with Gasteiger partial charge in [0, 0.05) is 26.2 Å². The van der Waals surface area contributed by atoms with E-state index in [1.54, 1.807) is 0 Å². The predicted molar refractivity (Wildman–Crippen MR) is 40.9 cm³/mol. The van der Waals surface area contributed by atoms with Crippen LogP contribution in [-0.4, -0.2) is 43.8 Å². The lowest BCUT2D eigenvalue weighted by molar-refractivity contribution is -0.125. The van der Waals surface area contributed by atoms with Crippen LogP contribution in [0.25, 0.3) is 0 Å². The van der Waals surface area contributed by atoms with Crippen molar-refractivity contribution < 1.29 is 4.74 Å². The molecular weight excluding hydrogens is 128 g/mol. The van der Waals surface area contributed by atoms with Crippen LogP contribution in [0.5, 0.6) is 0 Å². The average molecular weight is 144 g/mol. The van der Waals surface area contributed by atoms with E-state index in [0.717, 1.165) is 19.7 Å². The Balaban J connectivity index is 2.32. The summed E-state index contributed by atoms with van der Waals surface area (Å²) in [4.78, 5) is 2.21. The Morgan fingerprint density at radius 2 is 2.20 bits per heavy atom. The van der Waals surface area contributed by atoms with E-state index in [2.05, 4.69) is 11.9 Å². The maximum absolute atomic E-state index is 5.57. The molecule has 1 fully saturated rings. The Morgan fingerprint density at radius 3 is 2.50 bits per heavy atom. The molecule has 1 saturated heterocycles. The van der Waals surface area contributed by atoms with Gasteiger partial charge in [0.25, 0.3) is 0 Å². The molecule has 3 nitrogen and oxygen atoms in total. The summed E-state index contributed by atoms with van der Waals surface area (Å²) in [6, 6.07) is 0. The summed E-state index contributed by atoms with van der Waals surface area (Å²) in [7, 11) is 2.08. The van der Waals surface area contributed by atoms with Crippen molar-refractivity contribution >= 4 is 0 Å². The molecule has 0 atom stereocenters. The van der Waals surface area contributed by atoms with Crippen molar-refractivity contribution in [2.45, 2.75) is 12.5 Å². The van der Waals surface area contributed by atoms with Gasteiger partial charge in [-0.2, -0.15) is 0 Å². The van der Waals surface area contributed by atoms with Crippen LogP contribution in [0.2, 0.25) is 0 Å². The van der Waals surface area contributed by atoms with Gasteiger partial charge < -0.3 is 15.4 Å². The summed E-state index contributed by atoms with van der Waals surface area (Å²) < 4.78 is 5.52. The highest BCUT2D eigenvalue weighted by atomic mass is 16.5. The van der Waals surface area contributed by atoms with Crippen LogP contribution in [0.3, 0.4) is 0 Å². The lowest BCUT2D eigenvalue weighted by Crippen LogP contribution is -2.65. The number of likely N-dealkylation sites (N-methyl/N-ethyl adjacent to an activating group) is 1. The molecule has 10 heavy (non-hydrogen) atoms. The average Bonchev–Trinajstić information content (AvgIpc) is 1.84. The van der Waals surface area contributed by atoms with Gasteiger partial charge in [-0.05, 0) is 14.0 Å². The van der Waals surface area contributed by atoms with E-state index in [1.807, 2.05) is 6.92 Å². The molecule has 2 N–H and O–H groups in total. The molecule has 1 aliphatic heterocycles. The van der Waals surface area contributed by atoms with Crippen molar-refractivity contribution in [2.75, 3.05) is 33.3 Å². The van der Waals surface area contributed by atoms with E-state index in [-0.39, 0.29) is 5.60 Å². The first-order valence-electron chi connectivity index (χ1n) is 3.75. The summed E-state index contributed by atoms with van der Waals surface area (Å²) in [6.45, 7) is 5.39. The molecule has 1 rings (SSSR count). The van der Waals surface area contributed by atoms with Gasteiger partial charge in [-0.25, -0.2) is 0 Å². The maximum Gasteiger partial charge on any atom is 0.106 e. The van der Waals surface area contributed by atoms with Crippen LogP contribution in [-0.2, 0) is 4.74 Å². The number of ether oxygens (including phenoxy) is 1. The molecule has 0 unspecified atom stereocenters. The molecular formula is C7H16N2O. The van der Waals surface area contributed by atoms with Crippen LogP contribution in [0.1, 0.15) is 6.92 Å². The lowest BCUT2D eigenvalue weighted by atomic mass is 9.95. The van der Waals surface area contributed by atoms with E-state index in [4.69, 9.17) is 10.5 Å². The first-order valence-corrected chi connectivity index (χ1v) is 3.75. The summed E-state index contributed by atoms with van der Waals surface area (Å²) in [5.74, 6) is 0. The van der Waals surface area contributed by atoms with Crippen molar-refractivity contribution in [3.63, 3.8) is 0 Å². The largest absolute Gasteiger partial charge is 0.371 e. The van der Waals surface area contributed by atoms with Gasteiger partial charge >= 0.3 is 0 Å². The highest BCUT2D eigenvalue weighted by Crippen LogP contribution is 2.21. The second-order valence-corrected chi connectivity index (χ2v) is 2.99. The molecule has 0 radical (unpaired) electrons. The Kier molecular flexibility index (Phi) is 2.28. The number of nitrogens with two attached hydrogens (primary N) is 1. The lowest BCUT2D eigenvalue weighted by Gasteiger charge is -2.47. The van der Waals surface area contributed by atoms with Crippen LogP contribution in [0.15, 0.2) is 0 Å². The molecule has 0 aliphatic carbocycles. The Labute approximate surface area is 62.1 Å². The van der Waals surface area contributed by atoms with Crippen molar-refractivity contribution in [3.8, 4) is 0 Å². The second-order valence-electron chi connectivity index (χ2n) is 2.99. The smallest absolute Gasteiger partial charge is 0.106 e. The van der Waals surface area contributed by atoms with E-state index in [0.29, 0.717) is 6.54 Å². The molecule has 1 aliphatic rings. The van der Waals surface area contributed by atoms with E-state index in [1.165, 1.54) is 0 Å². The van der Waals surface area contributed by atoms with Crippen molar-refractivity contribution in [1.29, 1.82) is 0 Å². The van der Waals surface area contributed by atoms with Gasteiger partial charge in [0.2, 0.25) is 0 Å². The normalized spacial score (nSPS) is 24.3. The topological polar surface area (TPSA) is 38.5 Å². The first kappa shape index (κ1) is 7.98. The molecule has 0 bridgehead atoms. The molecule has 60 valence electrons. The zero-order valence-electron chi connectivity index (χ0n) is 6.76. The minimum absolute atomic E-state index is 0.0104. The maximum atomic E-state index is 5.57. The fourth-order valence-electron chi connectivity index (χ4n) is 1.52. The van der Waals surface area contributed by atoms with Crippen LogP contribution < -0.4 is 5.73 Å². The van der Waals surface area contributed by atoms with Gasteiger partial charge in [-0.15, -0.1) is 0 Å². The molecule has 3 heteroatoms. The number of nitrogens with zero attached hydrogens (tertiary/aromatic N) is 1. The van der Waals surface area contributed by atoms with Crippen LogP contribution >= 0.6 is 0 Å². The number of hydrogen-bond acceptors (Lipinski definition) is 3. The first-order chi connectivity index (χ1) is 4.72. The Hall–Kier alpha value is -0.120. The quantitative estimate of drug-likeness (QED) is 0.589. The minimum atomic E-state index is -0.0104. The summed E-state index contributed by atoms with van der Waals surface area (Å²) in [5, 5.41) is 0. The molecule has 0 aromatic heterocycles. The molecule has 0 saturated carbocycles. The fraction of sp³-hybridized carbons (Fsp3) is 1.00. The summed E-state index contributed by atoms with van der Waals surface area (Å²) in [6.07, 6.45) is 0. The van der Waals surface area contributed by atoms with Gasteiger partial charge in [0.15, 0.2) is 0 Å². The molecule has 0 aromatic rings. The molecule has 0 aromatic carbocycles. The van der Waals surface area contributed by atoms with Gasteiger partial charge in [0.1, 0.15) is 5.60 Å². The minimum Gasteiger partial charge on any atom is -0.371 e. The number of rotatable bonds is 3. The van der Waals surface area contributed by atoms with Crippen LogP contribution in [0.4, 0.5) is 0 Å². The van der Waals surface area contributed by atoms with E-state index >= 15 is 0 Å². The third-order valence-corrected chi connectivity index (χ3v) is 1.94. The molecule has 0 spiro atoms. The number of likely N-dealkylation sites (tertiary alicyclic amines) is 1. The molecule has 0 amide bonds. The molecule has 1 heterocycles. The highest BCUT2D eigenvalue weighted by Gasteiger charge is 2.40. The highest BCUT2D eigenvalue weighted by molar-refractivity contribution is 4.96. The number of hydrogen-bond donors (Lipinski definition) is 1. The zero-order valence-corrected chi connectivity index (χ0v) is 6.76. The summed E-state index contributed by atoms with van der Waals surface area (Å²) >= 11 is 0. The predicted octanol–water partition coefficient (Wildman–Crippen LogP) is -0.334. The Morgan fingerprint density at radius 1 is 1.60 bits per heavy atom. The van der Waals surface area contributed by atoms with Crippen LogP contribution in [0, 0.1) is 0 Å². The summed E-state index contributed by atoms with van der Waals surface area (Å²) in [5.41, 5.74) is 5.56. The monoisotopic (exact) mass is 144 g/mol. The van der Waals surface area contributed by atoms with Crippen molar-refractivity contribution in [1.82, 2.24) is 4.90 Å². The van der Waals surface area contributed by atoms with Gasteiger partial charge in [-0.3, -0.25) is 0 Å². The standard InChI is InChI=1S/C7H16N2O/c1-3-10-7(4-8)5-9(2)6-7/h3-6,8H2,1-2H3. The fourth-order valence-corrected chi connectivity index (χ4v) is 1.52. The third kappa shape index (κ3) is 1.31. The van der Waals surface area contributed by atoms with Gasteiger partial charge in [0.05, 0.1) is 0 Å². The SMILES string of the molecule is CCOC1(CN)CN(C)C1. The van der Waals surface area contributed by atoms with E-state index < -0.39 is 0 Å². The van der Waals surface area contributed by atoms with E-state index in [9.17, 15) is 0 Å². The van der Waals surface area contributed by atoms with Crippen molar-refractivity contribution in [3.05, 3.63) is 0 Å². The third-order valence-electron chi connectivity index (χ3n) is 1.94. The Bertz CT molecular complexity index is 105.